The smallest absolute Gasteiger partial charge is 0.265 e. The summed E-state index contributed by atoms with van der Waals surface area (Å²) in [7, 11) is 0. The Hall–Kier alpha value is -2.37. The van der Waals surface area contributed by atoms with Crippen LogP contribution in [-0.4, -0.2) is 22.4 Å². The van der Waals surface area contributed by atoms with Crippen molar-refractivity contribution in [1.82, 2.24) is 15.2 Å². The predicted octanol–water partition coefficient (Wildman–Crippen LogP) is 3.74. The van der Waals surface area contributed by atoms with Gasteiger partial charge in [-0.15, -0.1) is 0 Å². The van der Waals surface area contributed by atoms with E-state index in [1.807, 2.05) is 24.3 Å². The number of nitrogens with one attached hydrogen (secondary N) is 1. The van der Waals surface area contributed by atoms with Crippen LogP contribution in [0, 0.1) is 0 Å². The third-order valence-corrected chi connectivity index (χ3v) is 4.13. The highest BCUT2D eigenvalue weighted by Crippen LogP contribution is 2.27. The second-order valence-electron chi connectivity index (χ2n) is 4.82. The first-order valence-corrected chi connectivity index (χ1v) is 7.52. The van der Waals surface area contributed by atoms with E-state index in [1.165, 1.54) is 0 Å². The molecule has 116 valence electrons. The van der Waals surface area contributed by atoms with Gasteiger partial charge >= 0.3 is 0 Å². The van der Waals surface area contributed by atoms with E-state index in [0.29, 0.717) is 16.6 Å². The highest BCUT2D eigenvalue weighted by Gasteiger charge is 2.17. The maximum atomic E-state index is 12.1. The molecule has 1 aromatic heterocycles. The summed E-state index contributed by atoms with van der Waals surface area (Å²) in [6, 6.07) is 12.7. The standard InChI is InChI=1S/C16H12Cl2N4O/c1-19-20-16(23)15-10-5-2-3-8-14(10)22(21-15)9-11-12(17)6-4-7-13(11)18/h2-8H,1,9H2,(H,20,23). The van der Waals surface area contributed by atoms with E-state index in [9.17, 15) is 4.79 Å². The SMILES string of the molecule is C=NNC(=O)c1nn(Cc2c(Cl)cccc2Cl)c2ccccc12. The molecule has 0 atom stereocenters. The number of hydrogen-bond donors (Lipinski definition) is 1. The van der Waals surface area contributed by atoms with E-state index in [4.69, 9.17) is 23.2 Å². The largest absolute Gasteiger partial charge is 0.292 e. The molecule has 0 aliphatic heterocycles. The fraction of sp³-hybridized carbons (Fsp3) is 0.0625. The minimum atomic E-state index is -0.416. The number of carbonyl (C=O) groups is 1. The summed E-state index contributed by atoms with van der Waals surface area (Å²) < 4.78 is 1.69. The second kappa shape index (κ2) is 6.40. The van der Waals surface area contributed by atoms with Crippen LogP contribution in [0.15, 0.2) is 47.6 Å². The zero-order valence-electron chi connectivity index (χ0n) is 12.0. The lowest BCUT2D eigenvalue weighted by molar-refractivity contribution is 0.0951. The molecule has 1 amide bonds. The van der Waals surface area contributed by atoms with Crippen molar-refractivity contribution in [3.63, 3.8) is 0 Å². The molecule has 0 radical (unpaired) electrons. The number of aromatic nitrogens is 2. The third kappa shape index (κ3) is 2.93. The molecule has 3 aromatic rings. The molecular formula is C16H12Cl2N4O. The van der Waals surface area contributed by atoms with Crippen LogP contribution in [0.5, 0.6) is 0 Å². The number of rotatable bonds is 4. The summed E-state index contributed by atoms with van der Waals surface area (Å²) in [5.41, 5.74) is 4.13. The Balaban J connectivity index is 2.11. The van der Waals surface area contributed by atoms with Crippen LogP contribution in [0.2, 0.25) is 10.0 Å². The number of halogens is 2. The van der Waals surface area contributed by atoms with Crippen molar-refractivity contribution in [3.05, 3.63) is 63.8 Å². The lowest BCUT2D eigenvalue weighted by atomic mass is 10.2. The molecule has 1 heterocycles. The van der Waals surface area contributed by atoms with Crippen LogP contribution in [0.1, 0.15) is 16.1 Å². The first kappa shape index (κ1) is 15.5. The van der Waals surface area contributed by atoms with Crippen molar-refractivity contribution in [2.45, 2.75) is 6.54 Å². The Morgan fingerprint density at radius 2 is 1.87 bits per heavy atom. The molecule has 23 heavy (non-hydrogen) atoms. The molecule has 2 aromatic carbocycles. The number of hydrazone groups is 1. The van der Waals surface area contributed by atoms with E-state index in [-0.39, 0.29) is 5.69 Å². The Morgan fingerprint density at radius 1 is 1.17 bits per heavy atom. The summed E-state index contributed by atoms with van der Waals surface area (Å²) in [6.07, 6.45) is 0. The Bertz CT molecular complexity index is 884. The van der Waals surface area contributed by atoms with Gasteiger partial charge in [0, 0.05) is 27.7 Å². The highest BCUT2D eigenvalue weighted by molar-refractivity contribution is 6.36. The molecule has 5 nitrogen and oxygen atoms in total. The summed E-state index contributed by atoms with van der Waals surface area (Å²) >= 11 is 12.4. The average molecular weight is 347 g/mol. The zero-order valence-corrected chi connectivity index (χ0v) is 13.5. The normalized spacial score (nSPS) is 10.7. The first-order chi connectivity index (χ1) is 11.1. The van der Waals surface area contributed by atoms with Gasteiger partial charge in [0.2, 0.25) is 0 Å². The molecule has 0 aliphatic rings. The van der Waals surface area contributed by atoms with Gasteiger partial charge < -0.3 is 0 Å². The quantitative estimate of drug-likeness (QED) is 0.577. The topological polar surface area (TPSA) is 59.3 Å². The Kier molecular flexibility index (Phi) is 4.32. The zero-order chi connectivity index (χ0) is 16.4. The number of carbonyl (C=O) groups excluding carboxylic acids is 1. The Labute approximate surface area is 142 Å². The summed E-state index contributed by atoms with van der Waals surface area (Å²) in [5.74, 6) is -0.416. The molecule has 0 fully saturated rings. The number of fused-ring (bicyclic) bond motifs is 1. The summed E-state index contributed by atoms with van der Waals surface area (Å²) in [5, 5.41) is 9.61. The first-order valence-electron chi connectivity index (χ1n) is 6.76. The van der Waals surface area contributed by atoms with Crippen molar-refractivity contribution in [2.24, 2.45) is 5.10 Å². The van der Waals surface area contributed by atoms with Gasteiger partial charge in [0.25, 0.3) is 5.91 Å². The summed E-state index contributed by atoms with van der Waals surface area (Å²) in [4.78, 5) is 12.1. The fourth-order valence-electron chi connectivity index (χ4n) is 2.37. The molecule has 3 rings (SSSR count). The average Bonchev–Trinajstić information content (AvgIpc) is 2.90. The van der Waals surface area contributed by atoms with Crippen LogP contribution in [0.4, 0.5) is 0 Å². The van der Waals surface area contributed by atoms with Gasteiger partial charge in [-0.25, -0.2) is 5.43 Å². The van der Waals surface area contributed by atoms with Crippen LogP contribution >= 0.6 is 23.2 Å². The summed E-state index contributed by atoms with van der Waals surface area (Å²) in [6.45, 7) is 3.61. The molecule has 0 saturated heterocycles. The van der Waals surface area contributed by atoms with E-state index in [1.54, 1.807) is 22.9 Å². The van der Waals surface area contributed by atoms with Gasteiger partial charge in [0.1, 0.15) is 0 Å². The molecule has 7 heteroatoms. The van der Waals surface area contributed by atoms with E-state index >= 15 is 0 Å². The predicted molar refractivity (Wildman–Crippen MR) is 92.3 cm³/mol. The van der Waals surface area contributed by atoms with Gasteiger partial charge in [-0.3, -0.25) is 9.48 Å². The van der Waals surface area contributed by atoms with Crippen molar-refractivity contribution in [2.75, 3.05) is 0 Å². The van der Waals surface area contributed by atoms with Crippen LogP contribution in [0.25, 0.3) is 10.9 Å². The van der Waals surface area contributed by atoms with Gasteiger partial charge in [-0.1, -0.05) is 47.5 Å². The maximum Gasteiger partial charge on any atom is 0.292 e. The third-order valence-electron chi connectivity index (χ3n) is 3.42. The molecule has 0 unspecified atom stereocenters. The minimum Gasteiger partial charge on any atom is -0.265 e. The maximum absolute atomic E-state index is 12.1. The monoisotopic (exact) mass is 346 g/mol. The van der Waals surface area contributed by atoms with E-state index in [2.05, 4.69) is 22.3 Å². The van der Waals surface area contributed by atoms with E-state index < -0.39 is 5.91 Å². The molecule has 0 saturated carbocycles. The molecule has 1 N–H and O–H groups in total. The van der Waals surface area contributed by atoms with Crippen molar-refractivity contribution < 1.29 is 4.79 Å². The lowest BCUT2D eigenvalue weighted by Gasteiger charge is -2.08. The molecular weight excluding hydrogens is 335 g/mol. The van der Waals surface area contributed by atoms with E-state index in [0.717, 1.165) is 16.5 Å². The van der Waals surface area contributed by atoms with Crippen LogP contribution in [0.3, 0.4) is 0 Å². The van der Waals surface area contributed by atoms with Gasteiger partial charge in [0.15, 0.2) is 5.69 Å². The van der Waals surface area contributed by atoms with Crippen LogP contribution in [-0.2, 0) is 6.54 Å². The molecule has 0 spiro atoms. The second-order valence-corrected chi connectivity index (χ2v) is 5.64. The van der Waals surface area contributed by atoms with Gasteiger partial charge in [-0.05, 0) is 18.2 Å². The van der Waals surface area contributed by atoms with Crippen molar-refractivity contribution in [1.29, 1.82) is 0 Å². The fourth-order valence-corrected chi connectivity index (χ4v) is 2.89. The molecule has 0 bridgehead atoms. The molecule has 0 aliphatic carbocycles. The Morgan fingerprint density at radius 3 is 2.57 bits per heavy atom. The number of hydrogen-bond acceptors (Lipinski definition) is 3. The number of para-hydroxylation sites is 1. The number of amides is 1. The van der Waals surface area contributed by atoms with Gasteiger partial charge in [0.05, 0.1) is 12.1 Å². The number of benzene rings is 2. The van der Waals surface area contributed by atoms with Gasteiger partial charge in [-0.2, -0.15) is 10.2 Å². The number of nitrogens with zero attached hydrogens (tertiary/aromatic N) is 3. The minimum absolute atomic E-state index is 0.274. The van der Waals surface area contributed by atoms with Crippen molar-refractivity contribution >= 4 is 46.7 Å². The lowest BCUT2D eigenvalue weighted by Crippen LogP contribution is -2.18. The van der Waals surface area contributed by atoms with Crippen molar-refractivity contribution in [3.8, 4) is 0 Å². The van der Waals surface area contributed by atoms with Crippen LogP contribution < -0.4 is 5.43 Å². The highest BCUT2D eigenvalue weighted by atomic mass is 35.5.